The molecule has 0 aromatic heterocycles. The van der Waals surface area contributed by atoms with Crippen LogP contribution in [-0.2, 0) is 4.79 Å². The van der Waals surface area contributed by atoms with Crippen LogP contribution in [0.5, 0.6) is 5.75 Å². The molecule has 3 N–H and O–H groups in total. The third kappa shape index (κ3) is 4.10. The number of rotatable bonds is 5. The number of ether oxygens (including phenoxy) is 1. The molecule has 0 heterocycles. The van der Waals surface area contributed by atoms with Crippen LogP contribution in [0.3, 0.4) is 0 Å². The van der Waals surface area contributed by atoms with Crippen LogP contribution in [-0.4, -0.2) is 19.1 Å². The van der Waals surface area contributed by atoms with Crippen molar-refractivity contribution in [3.63, 3.8) is 0 Å². The Balaban J connectivity index is 2.42. The molecular formula is C11H15BrN2O2. The molecule has 0 saturated carbocycles. The van der Waals surface area contributed by atoms with E-state index in [4.69, 9.17) is 10.5 Å². The highest BCUT2D eigenvalue weighted by Crippen LogP contribution is 2.26. The van der Waals surface area contributed by atoms with Gasteiger partial charge in [0.05, 0.1) is 17.5 Å². The van der Waals surface area contributed by atoms with Crippen molar-refractivity contribution in [2.75, 3.05) is 18.9 Å². The van der Waals surface area contributed by atoms with Crippen molar-refractivity contribution in [1.82, 2.24) is 5.32 Å². The highest BCUT2D eigenvalue weighted by Gasteiger charge is 2.03. The molecule has 0 aliphatic carbocycles. The van der Waals surface area contributed by atoms with Gasteiger partial charge in [0.1, 0.15) is 5.75 Å². The second-order valence-electron chi connectivity index (χ2n) is 3.24. The Labute approximate surface area is 103 Å². The molecule has 1 amide bonds. The summed E-state index contributed by atoms with van der Waals surface area (Å²) in [5.74, 6) is 0.645. The minimum atomic E-state index is -0.0116. The summed E-state index contributed by atoms with van der Waals surface area (Å²) in [5.41, 5.74) is 6.26. The molecule has 0 saturated heterocycles. The fourth-order valence-electron chi connectivity index (χ4n) is 1.17. The highest BCUT2D eigenvalue weighted by molar-refractivity contribution is 9.10. The third-order valence-corrected chi connectivity index (χ3v) is 2.57. The average molecular weight is 287 g/mol. The van der Waals surface area contributed by atoms with Gasteiger partial charge in [-0.1, -0.05) is 0 Å². The van der Waals surface area contributed by atoms with Crippen molar-refractivity contribution >= 4 is 27.5 Å². The zero-order chi connectivity index (χ0) is 12.0. The van der Waals surface area contributed by atoms with Gasteiger partial charge < -0.3 is 15.8 Å². The normalized spacial score (nSPS) is 9.88. The van der Waals surface area contributed by atoms with Gasteiger partial charge in [0.2, 0.25) is 5.91 Å². The number of nitrogens with one attached hydrogen (secondary N) is 1. The Morgan fingerprint density at radius 3 is 3.00 bits per heavy atom. The Bertz CT molecular complexity index is 369. The Hall–Kier alpha value is -1.23. The first-order chi connectivity index (χ1) is 7.63. The molecule has 5 heteroatoms. The van der Waals surface area contributed by atoms with Gasteiger partial charge in [-0.15, -0.1) is 0 Å². The van der Waals surface area contributed by atoms with E-state index in [1.165, 1.54) is 0 Å². The summed E-state index contributed by atoms with van der Waals surface area (Å²) in [4.78, 5) is 11.2. The Morgan fingerprint density at radius 1 is 1.56 bits per heavy atom. The van der Waals surface area contributed by atoms with Gasteiger partial charge in [0.15, 0.2) is 0 Å². The van der Waals surface area contributed by atoms with E-state index >= 15 is 0 Å². The van der Waals surface area contributed by atoms with E-state index in [0.717, 1.165) is 4.47 Å². The van der Waals surface area contributed by atoms with Crippen LogP contribution in [0.25, 0.3) is 0 Å². The topological polar surface area (TPSA) is 64.3 Å². The molecule has 0 bridgehead atoms. The number of carbonyl (C=O) groups excluding carboxylic acids is 1. The Morgan fingerprint density at radius 2 is 2.31 bits per heavy atom. The number of hydrogen-bond donors (Lipinski definition) is 2. The van der Waals surface area contributed by atoms with Crippen LogP contribution in [0.2, 0.25) is 0 Å². The van der Waals surface area contributed by atoms with Crippen LogP contribution in [0.4, 0.5) is 5.69 Å². The first kappa shape index (κ1) is 12.8. The minimum Gasteiger partial charge on any atom is -0.492 e. The number of carbonyl (C=O) groups is 1. The van der Waals surface area contributed by atoms with Crippen molar-refractivity contribution in [3.05, 3.63) is 22.7 Å². The maximum Gasteiger partial charge on any atom is 0.223 e. The summed E-state index contributed by atoms with van der Waals surface area (Å²) >= 11 is 3.35. The fraction of sp³-hybridized carbons (Fsp3) is 0.364. The third-order valence-electron chi connectivity index (χ3n) is 1.92. The zero-order valence-corrected chi connectivity index (χ0v) is 10.7. The number of halogens is 1. The van der Waals surface area contributed by atoms with Crippen LogP contribution in [0, 0.1) is 0 Å². The van der Waals surface area contributed by atoms with Crippen LogP contribution in [0.1, 0.15) is 13.3 Å². The van der Waals surface area contributed by atoms with E-state index in [-0.39, 0.29) is 5.91 Å². The number of anilines is 1. The fourth-order valence-corrected chi connectivity index (χ4v) is 1.53. The van der Waals surface area contributed by atoms with Gasteiger partial charge in [0.25, 0.3) is 0 Å². The van der Waals surface area contributed by atoms with E-state index in [1.807, 2.05) is 13.0 Å². The summed E-state index contributed by atoms with van der Waals surface area (Å²) in [5, 5.41) is 2.70. The lowest BCUT2D eigenvalue weighted by atomic mass is 10.3. The maximum absolute atomic E-state index is 11.2. The van der Waals surface area contributed by atoms with Gasteiger partial charge in [-0.2, -0.15) is 0 Å². The van der Waals surface area contributed by atoms with Crippen LogP contribution < -0.4 is 15.8 Å². The molecule has 0 aliphatic rings. The van der Waals surface area contributed by atoms with Gasteiger partial charge in [0, 0.05) is 18.3 Å². The van der Waals surface area contributed by atoms with Gasteiger partial charge in [-0.25, -0.2) is 0 Å². The lowest BCUT2D eigenvalue weighted by Gasteiger charge is -2.08. The molecular weight excluding hydrogens is 272 g/mol. The number of nitrogens with two attached hydrogens (primary N) is 1. The monoisotopic (exact) mass is 286 g/mol. The standard InChI is InChI=1S/C11H15BrN2O2/c1-2-14-11(15)5-6-16-10-7-8(13)3-4-9(10)12/h3-4,7H,2,5-6,13H2,1H3,(H,14,15). The van der Waals surface area contributed by atoms with E-state index in [1.54, 1.807) is 12.1 Å². The van der Waals surface area contributed by atoms with Gasteiger partial charge in [-0.3, -0.25) is 4.79 Å². The lowest BCUT2D eigenvalue weighted by molar-refractivity contribution is -0.121. The number of amides is 1. The van der Waals surface area contributed by atoms with Crippen molar-refractivity contribution in [2.24, 2.45) is 0 Å². The molecule has 1 rings (SSSR count). The predicted molar refractivity (Wildman–Crippen MR) is 67.4 cm³/mol. The quantitative estimate of drug-likeness (QED) is 0.813. The summed E-state index contributed by atoms with van der Waals surface area (Å²) < 4.78 is 6.28. The maximum atomic E-state index is 11.2. The highest BCUT2D eigenvalue weighted by atomic mass is 79.9. The summed E-state index contributed by atoms with van der Waals surface area (Å²) in [6.45, 7) is 2.86. The van der Waals surface area contributed by atoms with Crippen LogP contribution >= 0.6 is 15.9 Å². The molecule has 0 unspecified atom stereocenters. The molecule has 0 spiro atoms. The van der Waals surface area contributed by atoms with E-state index in [9.17, 15) is 4.79 Å². The number of hydrogen-bond acceptors (Lipinski definition) is 3. The van der Waals surface area contributed by atoms with Crippen molar-refractivity contribution < 1.29 is 9.53 Å². The number of benzene rings is 1. The first-order valence-corrected chi connectivity index (χ1v) is 5.87. The second-order valence-corrected chi connectivity index (χ2v) is 4.10. The average Bonchev–Trinajstić information content (AvgIpc) is 2.23. The molecule has 16 heavy (non-hydrogen) atoms. The SMILES string of the molecule is CCNC(=O)CCOc1cc(N)ccc1Br. The minimum absolute atomic E-state index is 0.0116. The summed E-state index contributed by atoms with van der Waals surface area (Å²) in [6, 6.07) is 5.32. The van der Waals surface area contributed by atoms with E-state index in [0.29, 0.717) is 31.0 Å². The molecule has 0 aliphatic heterocycles. The van der Waals surface area contributed by atoms with E-state index < -0.39 is 0 Å². The molecule has 1 aromatic carbocycles. The van der Waals surface area contributed by atoms with Crippen LogP contribution in [0.15, 0.2) is 22.7 Å². The molecule has 88 valence electrons. The molecule has 0 fully saturated rings. The molecule has 1 aromatic rings. The largest absolute Gasteiger partial charge is 0.492 e. The van der Waals surface area contributed by atoms with Crippen molar-refractivity contribution in [1.29, 1.82) is 0 Å². The Kier molecular flexibility index (Phi) is 5.11. The summed E-state index contributed by atoms with van der Waals surface area (Å²) in [6.07, 6.45) is 0.342. The summed E-state index contributed by atoms with van der Waals surface area (Å²) in [7, 11) is 0. The molecule has 0 atom stereocenters. The molecule has 0 radical (unpaired) electrons. The molecule has 4 nitrogen and oxygen atoms in total. The lowest BCUT2D eigenvalue weighted by Crippen LogP contribution is -2.24. The smallest absolute Gasteiger partial charge is 0.223 e. The first-order valence-electron chi connectivity index (χ1n) is 5.08. The van der Waals surface area contributed by atoms with Gasteiger partial charge >= 0.3 is 0 Å². The number of nitrogen functional groups attached to an aromatic ring is 1. The predicted octanol–water partition coefficient (Wildman–Crippen LogP) is 1.94. The van der Waals surface area contributed by atoms with Crippen molar-refractivity contribution in [2.45, 2.75) is 13.3 Å². The second kappa shape index (κ2) is 6.37. The van der Waals surface area contributed by atoms with E-state index in [2.05, 4.69) is 21.2 Å². The van der Waals surface area contributed by atoms with Gasteiger partial charge in [-0.05, 0) is 35.0 Å². The zero-order valence-electron chi connectivity index (χ0n) is 9.13. The van der Waals surface area contributed by atoms with Crippen molar-refractivity contribution in [3.8, 4) is 5.75 Å².